The lowest BCUT2D eigenvalue weighted by Gasteiger charge is -2.10. The number of fused-ring (bicyclic) bond motifs is 1. The Morgan fingerprint density at radius 3 is 2.82 bits per heavy atom. The number of nitrogens with one attached hydrogen (secondary N) is 1. The number of hydrogen-bond acceptors (Lipinski definition) is 4. The molecule has 6 nitrogen and oxygen atoms in total. The van der Waals surface area contributed by atoms with Gasteiger partial charge in [0.1, 0.15) is 5.76 Å². The van der Waals surface area contributed by atoms with Crippen molar-refractivity contribution in [3.8, 4) is 5.75 Å². The number of carbonyl (C=O) groups is 2. The highest BCUT2D eigenvalue weighted by molar-refractivity contribution is 5.84. The van der Waals surface area contributed by atoms with Gasteiger partial charge in [0.2, 0.25) is 5.76 Å². The number of halogens is 1. The van der Waals surface area contributed by atoms with E-state index in [0.717, 1.165) is 0 Å². The number of amides is 1. The van der Waals surface area contributed by atoms with Gasteiger partial charge in [-0.05, 0) is 18.2 Å². The van der Waals surface area contributed by atoms with Crippen molar-refractivity contribution in [3.05, 3.63) is 53.2 Å². The van der Waals surface area contributed by atoms with Crippen LogP contribution >= 0.6 is 0 Å². The molecule has 0 saturated carbocycles. The molecule has 0 bridgehead atoms. The number of para-hydroxylation sites is 1. The molecule has 7 heteroatoms. The third-order valence-electron chi connectivity index (χ3n) is 3.32. The van der Waals surface area contributed by atoms with Crippen molar-refractivity contribution in [1.82, 2.24) is 5.32 Å². The highest BCUT2D eigenvalue weighted by atomic mass is 19.1. The van der Waals surface area contributed by atoms with E-state index in [1.54, 1.807) is 12.1 Å². The fourth-order valence-electron chi connectivity index (χ4n) is 2.25. The molecule has 0 aliphatic carbocycles. The van der Waals surface area contributed by atoms with E-state index in [-0.39, 0.29) is 24.5 Å². The van der Waals surface area contributed by atoms with Crippen LogP contribution in [0.4, 0.5) is 4.39 Å². The van der Waals surface area contributed by atoms with Crippen LogP contribution in [0, 0.1) is 5.82 Å². The fourth-order valence-corrected chi connectivity index (χ4v) is 2.25. The molecule has 2 aromatic rings. The third kappa shape index (κ3) is 2.65. The van der Waals surface area contributed by atoms with Crippen molar-refractivity contribution in [2.45, 2.75) is 19.1 Å². The molecule has 2 N–H and O–H groups in total. The van der Waals surface area contributed by atoms with Crippen LogP contribution < -0.4 is 10.1 Å². The largest absolute Gasteiger partial charge is 0.477 e. The summed E-state index contributed by atoms with van der Waals surface area (Å²) in [5.74, 6) is -1.87. The Balaban J connectivity index is 1.59. The number of benzene rings is 1. The predicted molar refractivity (Wildman–Crippen MR) is 72.0 cm³/mol. The summed E-state index contributed by atoms with van der Waals surface area (Å²) in [4.78, 5) is 22.7. The van der Waals surface area contributed by atoms with Crippen LogP contribution in [0.2, 0.25) is 0 Å². The minimum atomic E-state index is -1.18. The van der Waals surface area contributed by atoms with Gasteiger partial charge in [0.25, 0.3) is 5.91 Å². The number of furan rings is 1. The smallest absolute Gasteiger partial charge is 0.371 e. The van der Waals surface area contributed by atoms with E-state index in [1.807, 2.05) is 0 Å². The molecule has 3 rings (SSSR count). The van der Waals surface area contributed by atoms with Crippen molar-refractivity contribution in [1.29, 1.82) is 0 Å². The lowest BCUT2D eigenvalue weighted by Crippen LogP contribution is -2.37. The third-order valence-corrected chi connectivity index (χ3v) is 3.32. The molecular formula is C15H12FNO5. The van der Waals surface area contributed by atoms with Crippen LogP contribution in [0.1, 0.15) is 21.9 Å². The summed E-state index contributed by atoms with van der Waals surface area (Å²) < 4.78 is 23.9. The first kappa shape index (κ1) is 14.1. The van der Waals surface area contributed by atoms with E-state index < -0.39 is 23.8 Å². The Hall–Kier alpha value is -2.83. The summed E-state index contributed by atoms with van der Waals surface area (Å²) in [6.45, 7) is 0.0325. The molecule has 2 heterocycles. The van der Waals surface area contributed by atoms with E-state index in [9.17, 15) is 14.0 Å². The Morgan fingerprint density at radius 1 is 1.32 bits per heavy atom. The lowest BCUT2D eigenvalue weighted by molar-refractivity contribution is -0.127. The topological polar surface area (TPSA) is 88.8 Å². The second-order valence-electron chi connectivity index (χ2n) is 4.83. The summed E-state index contributed by atoms with van der Waals surface area (Å²) in [6.07, 6.45) is -0.516. The van der Waals surface area contributed by atoms with Gasteiger partial charge in [-0.25, -0.2) is 9.18 Å². The summed E-state index contributed by atoms with van der Waals surface area (Å²) in [6, 6.07) is 7.32. The van der Waals surface area contributed by atoms with E-state index in [4.69, 9.17) is 14.3 Å². The monoisotopic (exact) mass is 305 g/mol. The van der Waals surface area contributed by atoms with Gasteiger partial charge in [0.05, 0.1) is 6.54 Å². The molecule has 1 amide bonds. The molecule has 0 saturated heterocycles. The standard InChI is InChI=1S/C15H12FNO5/c16-10-3-1-2-8-6-12(22-13(8)10)14(18)17-7-9-4-5-11(21-9)15(19)20/h1-5,12H,6-7H2,(H,17,18)(H,19,20)/t12-/m0/s1. The Kier molecular flexibility index (Phi) is 3.54. The molecule has 1 aromatic heterocycles. The average molecular weight is 305 g/mol. The maximum atomic E-state index is 13.5. The maximum absolute atomic E-state index is 13.5. The second kappa shape index (κ2) is 5.51. The van der Waals surface area contributed by atoms with Gasteiger partial charge in [-0.2, -0.15) is 0 Å². The molecule has 22 heavy (non-hydrogen) atoms. The first-order valence-electron chi connectivity index (χ1n) is 6.58. The van der Waals surface area contributed by atoms with Crippen LogP contribution in [0.25, 0.3) is 0 Å². The SMILES string of the molecule is O=C(O)c1ccc(CNC(=O)[C@@H]2Cc3cccc(F)c3O2)o1. The van der Waals surface area contributed by atoms with E-state index in [1.165, 1.54) is 18.2 Å². The number of ether oxygens (including phenoxy) is 1. The number of carboxylic acids is 1. The average Bonchev–Trinajstić information content (AvgIpc) is 3.12. The summed E-state index contributed by atoms with van der Waals surface area (Å²) >= 11 is 0. The zero-order valence-corrected chi connectivity index (χ0v) is 11.3. The zero-order valence-electron chi connectivity index (χ0n) is 11.3. The fraction of sp³-hybridized carbons (Fsp3) is 0.200. The van der Waals surface area contributed by atoms with Gasteiger partial charge in [-0.3, -0.25) is 4.79 Å². The summed E-state index contributed by atoms with van der Waals surface area (Å²) in [7, 11) is 0. The number of rotatable bonds is 4. The molecule has 114 valence electrons. The number of carboxylic acid groups (broad SMARTS) is 1. The molecule has 1 aromatic carbocycles. The van der Waals surface area contributed by atoms with Crippen LogP contribution in [0.5, 0.6) is 5.75 Å². The van der Waals surface area contributed by atoms with Gasteiger partial charge in [0, 0.05) is 12.0 Å². The molecule has 1 aliphatic rings. The summed E-state index contributed by atoms with van der Waals surface area (Å²) in [5, 5.41) is 11.3. The van der Waals surface area contributed by atoms with Crippen LogP contribution in [-0.4, -0.2) is 23.1 Å². The normalized spacial score (nSPS) is 16.0. The van der Waals surface area contributed by atoms with E-state index in [0.29, 0.717) is 11.3 Å². The van der Waals surface area contributed by atoms with Crippen LogP contribution in [-0.2, 0) is 17.8 Å². The molecule has 1 aliphatic heterocycles. The van der Waals surface area contributed by atoms with Gasteiger partial charge in [0.15, 0.2) is 17.7 Å². The zero-order chi connectivity index (χ0) is 15.7. The number of carbonyl (C=O) groups excluding carboxylic acids is 1. The number of hydrogen-bond donors (Lipinski definition) is 2. The molecule has 1 atom stereocenters. The van der Waals surface area contributed by atoms with E-state index in [2.05, 4.69) is 5.32 Å². The molecule has 0 fully saturated rings. The van der Waals surface area contributed by atoms with Gasteiger partial charge in [-0.1, -0.05) is 12.1 Å². The van der Waals surface area contributed by atoms with Crippen LogP contribution in [0.15, 0.2) is 34.7 Å². The molecular weight excluding hydrogens is 293 g/mol. The van der Waals surface area contributed by atoms with Crippen molar-refractivity contribution in [3.63, 3.8) is 0 Å². The van der Waals surface area contributed by atoms with Crippen molar-refractivity contribution < 1.29 is 28.2 Å². The predicted octanol–water partition coefficient (Wildman–Crippen LogP) is 1.74. The summed E-state index contributed by atoms with van der Waals surface area (Å²) in [5.41, 5.74) is 0.645. The quantitative estimate of drug-likeness (QED) is 0.898. The number of aromatic carboxylic acids is 1. The van der Waals surface area contributed by atoms with Gasteiger partial charge < -0.3 is 19.6 Å². The Morgan fingerprint density at radius 2 is 2.14 bits per heavy atom. The van der Waals surface area contributed by atoms with E-state index >= 15 is 0 Å². The maximum Gasteiger partial charge on any atom is 0.371 e. The molecule has 0 spiro atoms. The minimum Gasteiger partial charge on any atom is -0.477 e. The Labute approximate surface area is 124 Å². The van der Waals surface area contributed by atoms with Gasteiger partial charge in [-0.15, -0.1) is 0 Å². The second-order valence-corrected chi connectivity index (χ2v) is 4.83. The van der Waals surface area contributed by atoms with Crippen molar-refractivity contribution in [2.24, 2.45) is 0 Å². The Bertz CT molecular complexity index is 739. The first-order valence-corrected chi connectivity index (χ1v) is 6.58. The minimum absolute atomic E-state index is 0.0325. The van der Waals surface area contributed by atoms with Crippen LogP contribution in [0.3, 0.4) is 0 Å². The van der Waals surface area contributed by atoms with Crippen molar-refractivity contribution >= 4 is 11.9 Å². The van der Waals surface area contributed by atoms with Crippen molar-refractivity contribution in [2.75, 3.05) is 0 Å². The lowest BCUT2D eigenvalue weighted by atomic mass is 10.1. The highest BCUT2D eigenvalue weighted by Crippen LogP contribution is 2.31. The van der Waals surface area contributed by atoms with Gasteiger partial charge >= 0.3 is 5.97 Å². The first-order chi connectivity index (χ1) is 10.5. The molecule has 0 radical (unpaired) electrons. The molecule has 0 unspecified atom stereocenters. The highest BCUT2D eigenvalue weighted by Gasteiger charge is 2.31.